The summed E-state index contributed by atoms with van der Waals surface area (Å²) in [5, 5.41) is 0. The lowest BCUT2D eigenvalue weighted by molar-refractivity contribution is 0.244. The third-order valence-electron chi connectivity index (χ3n) is 3.97. The summed E-state index contributed by atoms with van der Waals surface area (Å²) in [6.07, 6.45) is 8.84. The molecule has 0 bridgehead atoms. The minimum atomic E-state index is 0.772. The first-order valence-corrected chi connectivity index (χ1v) is 6.43. The lowest BCUT2D eigenvalue weighted by atomic mass is 9.95. The molecule has 0 aromatic heterocycles. The second-order valence-corrected chi connectivity index (χ2v) is 5.92. The predicted molar refractivity (Wildman–Crippen MR) is 61.4 cm³/mol. The van der Waals surface area contributed by atoms with Crippen molar-refractivity contribution in [3.05, 3.63) is 0 Å². The van der Waals surface area contributed by atoms with Gasteiger partial charge in [-0.05, 0) is 56.5 Å². The van der Waals surface area contributed by atoms with Gasteiger partial charge in [-0.15, -0.1) is 0 Å². The maximum atomic E-state index is 2.70. The molecule has 1 aliphatic carbocycles. The van der Waals surface area contributed by atoms with Crippen molar-refractivity contribution in [2.45, 2.75) is 52.4 Å². The maximum Gasteiger partial charge on any atom is 0.00380 e. The minimum Gasteiger partial charge on any atom is -0.303 e. The standard InChI is InChI=1S/C13H25N/c1-12(2)5-6-13(7-8-13)11-14-9-3-4-10-14/h12H,3-11H2,1-2H3. The van der Waals surface area contributed by atoms with Gasteiger partial charge in [0.1, 0.15) is 0 Å². The molecule has 0 N–H and O–H groups in total. The molecular weight excluding hydrogens is 170 g/mol. The summed E-state index contributed by atoms with van der Waals surface area (Å²) in [6, 6.07) is 0. The van der Waals surface area contributed by atoms with Gasteiger partial charge in [0.15, 0.2) is 0 Å². The van der Waals surface area contributed by atoms with Gasteiger partial charge in [-0.25, -0.2) is 0 Å². The van der Waals surface area contributed by atoms with Gasteiger partial charge in [-0.3, -0.25) is 0 Å². The fourth-order valence-electron chi connectivity index (χ4n) is 2.67. The monoisotopic (exact) mass is 195 g/mol. The third kappa shape index (κ3) is 2.73. The molecular formula is C13H25N. The molecule has 1 aliphatic heterocycles. The van der Waals surface area contributed by atoms with Crippen molar-refractivity contribution in [3.63, 3.8) is 0 Å². The van der Waals surface area contributed by atoms with Gasteiger partial charge < -0.3 is 4.90 Å². The maximum absolute atomic E-state index is 2.70. The van der Waals surface area contributed by atoms with Crippen LogP contribution in [0.4, 0.5) is 0 Å². The highest BCUT2D eigenvalue weighted by Gasteiger charge is 2.43. The molecule has 1 saturated carbocycles. The Hall–Kier alpha value is -0.0400. The van der Waals surface area contributed by atoms with E-state index >= 15 is 0 Å². The van der Waals surface area contributed by atoms with Gasteiger partial charge in [0, 0.05) is 6.54 Å². The lowest BCUT2D eigenvalue weighted by Gasteiger charge is -2.23. The van der Waals surface area contributed by atoms with Crippen molar-refractivity contribution < 1.29 is 0 Å². The van der Waals surface area contributed by atoms with Crippen LogP contribution >= 0.6 is 0 Å². The van der Waals surface area contributed by atoms with Crippen LogP contribution < -0.4 is 0 Å². The van der Waals surface area contributed by atoms with Crippen LogP contribution in [0.2, 0.25) is 0 Å². The van der Waals surface area contributed by atoms with Crippen LogP contribution in [0.5, 0.6) is 0 Å². The molecule has 0 radical (unpaired) electrons. The average Bonchev–Trinajstić information content (AvgIpc) is 2.70. The summed E-state index contributed by atoms with van der Waals surface area (Å²) >= 11 is 0. The Kier molecular flexibility index (Phi) is 3.16. The van der Waals surface area contributed by atoms with Crippen LogP contribution in [0.15, 0.2) is 0 Å². The van der Waals surface area contributed by atoms with Crippen LogP contribution in [-0.4, -0.2) is 24.5 Å². The second-order valence-electron chi connectivity index (χ2n) is 5.92. The molecule has 0 amide bonds. The Morgan fingerprint density at radius 3 is 2.29 bits per heavy atom. The van der Waals surface area contributed by atoms with E-state index in [1.165, 1.54) is 58.2 Å². The molecule has 0 aromatic rings. The van der Waals surface area contributed by atoms with E-state index in [0.29, 0.717) is 0 Å². The van der Waals surface area contributed by atoms with Crippen molar-refractivity contribution in [3.8, 4) is 0 Å². The second kappa shape index (κ2) is 4.22. The number of hydrogen-bond acceptors (Lipinski definition) is 1. The van der Waals surface area contributed by atoms with Crippen LogP contribution in [0.3, 0.4) is 0 Å². The Balaban J connectivity index is 1.72. The van der Waals surface area contributed by atoms with Gasteiger partial charge in [-0.2, -0.15) is 0 Å². The van der Waals surface area contributed by atoms with Gasteiger partial charge in [-0.1, -0.05) is 20.3 Å². The fraction of sp³-hybridized carbons (Fsp3) is 1.00. The largest absolute Gasteiger partial charge is 0.303 e. The van der Waals surface area contributed by atoms with Crippen LogP contribution in [0, 0.1) is 11.3 Å². The summed E-state index contributed by atoms with van der Waals surface area (Å²) in [6.45, 7) is 8.88. The van der Waals surface area contributed by atoms with Gasteiger partial charge >= 0.3 is 0 Å². The molecule has 14 heavy (non-hydrogen) atoms. The molecule has 0 unspecified atom stereocenters. The highest BCUT2D eigenvalue weighted by Crippen LogP contribution is 2.51. The minimum absolute atomic E-state index is 0.772. The Labute approximate surface area is 88.9 Å². The summed E-state index contributed by atoms with van der Waals surface area (Å²) in [4.78, 5) is 2.70. The molecule has 0 atom stereocenters. The molecule has 1 nitrogen and oxygen atoms in total. The van der Waals surface area contributed by atoms with Crippen molar-refractivity contribution >= 4 is 0 Å². The van der Waals surface area contributed by atoms with E-state index in [1.807, 2.05) is 0 Å². The molecule has 1 heterocycles. The van der Waals surface area contributed by atoms with Crippen LogP contribution in [-0.2, 0) is 0 Å². The quantitative estimate of drug-likeness (QED) is 0.650. The van der Waals surface area contributed by atoms with Crippen LogP contribution in [0.1, 0.15) is 52.4 Å². The first kappa shape index (κ1) is 10.5. The number of likely N-dealkylation sites (tertiary alicyclic amines) is 1. The summed E-state index contributed by atoms with van der Waals surface area (Å²) in [7, 11) is 0. The summed E-state index contributed by atoms with van der Waals surface area (Å²) in [5.41, 5.74) is 0.772. The lowest BCUT2D eigenvalue weighted by Crippen LogP contribution is -2.27. The number of hydrogen-bond donors (Lipinski definition) is 0. The van der Waals surface area contributed by atoms with Crippen molar-refractivity contribution in [2.24, 2.45) is 11.3 Å². The van der Waals surface area contributed by atoms with E-state index in [-0.39, 0.29) is 0 Å². The molecule has 2 aliphatic rings. The highest BCUT2D eigenvalue weighted by atomic mass is 15.1. The molecule has 2 fully saturated rings. The zero-order chi connectivity index (χ0) is 10.0. The first-order chi connectivity index (χ1) is 6.70. The van der Waals surface area contributed by atoms with E-state index in [9.17, 15) is 0 Å². The molecule has 2 rings (SSSR count). The van der Waals surface area contributed by atoms with Gasteiger partial charge in [0.25, 0.3) is 0 Å². The van der Waals surface area contributed by atoms with E-state index in [0.717, 1.165) is 11.3 Å². The SMILES string of the molecule is CC(C)CCC1(CN2CCCC2)CC1. The van der Waals surface area contributed by atoms with E-state index in [1.54, 1.807) is 0 Å². The molecule has 0 spiro atoms. The van der Waals surface area contributed by atoms with E-state index in [4.69, 9.17) is 0 Å². The fourth-order valence-corrected chi connectivity index (χ4v) is 2.67. The normalized spacial score (nSPS) is 25.9. The van der Waals surface area contributed by atoms with E-state index < -0.39 is 0 Å². The van der Waals surface area contributed by atoms with Crippen molar-refractivity contribution in [1.29, 1.82) is 0 Å². The molecule has 0 aromatic carbocycles. The van der Waals surface area contributed by atoms with Crippen LogP contribution in [0.25, 0.3) is 0 Å². The topological polar surface area (TPSA) is 3.24 Å². The summed E-state index contributed by atoms with van der Waals surface area (Å²) < 4.78 is 0. The molecule has 1 heteroatoms. The third-order valence-corrected chi connectivity index (χ3v) is 3.97. The first-order valence-electron chi connectivity index (χ1n) is 6.43. The smallest absolute Gasteiger partial charge is 0.00380 e. The molecule has 82 valence electrons. The van der Waals surface area contributed by atoms with Gasteiger partial charge in [0.2, 0.25) is 0 Å². The van der Waals surface area contributed by atoms with E-state index in [2.05, 4.69) is 18.7 Å². The Morgan fingerprint density at radius 2 is 1.79 bits per heavy atom. The Bertz CT molecular complexity index is 176. The summed E-state index contributed by atoms with van der Waals surface area (Å²) in [5.74, 6) is 0.894. The average molecular weight is 195 g/mol. The number of rotatable bonds is 5. The number of nitrogens with zero attached hydrogens (tertiary/aromatic N) is 1. The predicted octanol–water partition coefficient (Wildman–Crippen LogP) is 3.30. The van der Waals surface area contributed by atoms with Crippen molar-refractivity contribution in [1.82, 2.24) is 4.90 Å². The molecule has 1 saturated heterocycles. The van der Waals surface area contributed by atoms with Crippen molar-refractivity contribution in [2.75, 3.05) is 19.6 Å². The zero-order valence-electron chi connectivity index (χ0n) is 9.89. The zero-order valence-corrected chi connectivity index (χ0v) is 9.89. The Morgan fingerprint density at radius 1 is 1.14 bits per heavy atom. The highest BCUT2D eigenvalue weighted by molar-refractivity contribution is 4.96. The van der Waals surface area contributed by atoms with Gasteiger partial charge in [0.05, 0.1) is 0 Å².